The molecule has 1 rings (SSSR count). The van der Waals surface area contributed by atoms with Gasteiger partial charge in [0.2, 0.25) is 0 Å². The van der Waals surface area contributed by atoms with E-state index < -0.39 is 0 Å². The Morgan fingerprint density at radius 1 is 1.47 bits per heavy atom. The van der Waals surface area contributed by atoms with Crippen molar-refractivity contribution in [2.45, 2.75) is 45.6 Å². The molecular formula is C12H22N2O. The molecule has 1 aromatic heterocycles. The van der Waals surface area contributed by atoms with Crippen LogP contribution in [0.1, 0.15) is 38.8 Å². The van der Waals surface area contributed by atoms with Gasteiger partial charge in [-0.25, -0.2) is 0 Å². The highest BCUT2D eigenvalue weighted by Crippen LogP contribution is 2.15. The second-order valence-electron chi connectivity index (χ2n) is 4.32. The quantitative estimate of drug-likeness (QED) is 0.781. The Kier molecular flexibility index (Phi) is 4.82. The van der Waals surface area contributed by atoms with E-state index in [1.54, 1.807) is 6.20 Å². The van der Waals surface area contributed by atoms with Crippen molar-refractivity contribution in [1.29, 1.82) is 0 Å². The minimum absolute atomic E-state index is 0.181. The molecule has 1 N–H and O–H groups in total. The summed E-state index contributed by atoms with van der Waals surface area (Å²) < 4.78 is 1.87. The molecule has 0 saturated heterocycles. The largest absolute Gasteiger partial charge is 0.393 e. The summed E-state index contributed by atoms with van der Waals surface area (Å²) in [6, 6.07) is 2.01. The molecule has 0 fully saturated rings. The summed E-state index contributed by atoms with van der Waals surface area (Å²) in [5.74, 6) is 0.406. The predicted molar refractivity (Wildman–Crippen MR) is 61.6 cm³/mol. The molecule has 15 heavy (non-hydrogen) atoms. The van der Waals surface area contributed by atoms with Gasteiger partial charge in [0.1, 0.15) is 0 Å². The van der Waals surface area contributed by atoms with E-state index in [1.807, 2.05) is 17.8 Å². The average molecular weight is 210 g/mol. The van der Waals surface area contributed by atoms with E-state index in [4.69, 9.17) is 0 Å². The first-order valence-electron chi connectivity index (χ1n) is 5.80. The molecule has 0 amide bonds. The van der Waals surface area contributed by atoms with Gasteiger partial charge in [0.15, 0.2) is 0 Å². The van der Waals surface area contributed by atoms with Gasteiger partial charge in [0, 0.05) is 18.9 Å². The van der Waals surface area contributed by atoms with Gasteiger partial charge in [0.25, 0.3) is 0 Å². The van der Waals surface area contributed by atoms with Gasteiger partial charge in [-0.2, -0.15) is 5.10 Å². The summed E-state index contributed by atoms with van der Waals surface area (Å²) in [5, 5.41) is 14.0. The minimum Gasteiger partial charge on any atom is -0.393 e. The van der Waals surface area contributed by atoms with E-state index in [1.165, 1.54) is 5.69 Å². The van der Waals surface area contributed by atoms with Crippen molar-refractivity contribution in [3.05, 3.63) is 18.0 Å². The number of rotatable bonds is 6. The Morgan fingerprint density at radius 2 is 2.20 bits per heavy atom. The number of aliphatic hydroxyl groups is 1. The second-order valence-corrected chi connectivity index (χ2v) is 4.32. The summed E-state index contributed by atoms with van der Waals surface area (Å²) in [6.45, 7) is 4.28. The molecule has 0 aliphatic rings. The monoisotopic (exact) mass is 210 g/mol. The second kappa shape index (κ2) is 5.91. The van der Waals surface area contributed by atoms with Crippen molar-refractivity contribution in [2.24, 2.45) is 13.0 Å². The highest BCUT2D eigenvalue weighted by molar-refractivity contribution is 5.00. The summed E-state index contributed by atoms with van der Waals surface area (Å²) in [5.41, 5.74) is 1.19. The van der Waals surface area contributed by atoms with Gasteiger partial charge >= 0.3 is 0 Å². The van der Waals surface area contributed by atoms with Crippen LogP contribution in [0.25, 0.3) is 0 Å². The Bertz CT molecular complexity index is 283. The lowest BCUT2D eigenvalue weighted by Gasteiger charge is -2.17. The van der Waals surface area contributed by atoms with Gasteiger partial charge in [-0.1, -0.05) is 20.3 Å². The van der Waals surface area contributed by atoms with Gasteiger partial charge < -0.3 is 5.11 Å². The first-order valence-corrected chi connectivity index (χ1v) is 5.80. The van der Waals surface area contributed by atoms with E-state index in [0.717, 1.165) is 25.7 Å². The van der Waals surface area contributed by atoms with E-state index in [0.29, 0.717) is 5.92 Å². The average Bonchev–Trinajstić information content (AvgIpc) is 2.61. The van der Waals surface area contributed by atoms with Gasteiger partial charge in [-0.15, -0.1) is 0 Å². The first kappa shape index (κ1) is 12.2. The van der Waals surface area contributed by atoms with Crippen LogP contribution in [-0.4, -0.2) is 21.0 Å². The maximum Gasteiger partial charge on any atom is 0.0569 e. The molecule has 0 spiro atoms. The molecule has 0 aliphatic carbocycles. The normalized spacial score (nSPS) is 15.2. The van der Waals surface area contributed by atoms with Crippen LogP contribution in [0.3, 0.4) is 0 Å². The third kappa shape index (κ3) is 3.67. The van der Waals surface area contributed by atoms with Crippen LogP contribution < -0.4 is 0 Å². The summed E-state index contributed by atoms with van der Waals surface area (Å²) in [7, 11) is 1.94. The Morgan fingerprint density at radius 3 is 2.73 bits per heavy atom. The van der Waals surface area contributed by atoms with Crippen LogP contribution in [-0.2, 0) is 13.5 Å². The van der Waals surface area contributed by atoms with Crippen LogP contribution >= 0.6 is 0 Å². The highest BCUT2D eigenvalue weighted by Gasteiger charge is 2.13. The molecule has 0 aliphatic heterocycles. The molecule has 0 bridgehead atoms. The number of aliphatic hydroxyl groups excluding tert-OH is 1. The van der Waals surface area contributed by atoms with Crippen molar-refractivity contribution in [2.75, 3.05) is 0 Å². The van der Waals surface area contributed by atoms with Crippen LogP contribution in [0.2, 0.25) is 0 Å². The molecule has 0 saturated carbocycles. The smallest absolute Gasteiger partial charge is 0.0569 e. The Labute approximate surface area is 92.1 Å². The molecular weight excluding hydrogens is 188 g/mol. The van der Waals surface area contributed by atoms with Crippen LogP contribution in [0.5, 0.6) is 0 Å². The maximum absolute atomic E-state index is 9.91. The summed E-state index contributed by atoms with van der Waals surface area (Å²) in [6.07, 6.45) is 5.61. The lowest BCUT2D eigenvalue weighted by molar-refractivity contribution is 0.102. The Balaban J connectivity index is 2.34. The maximum atomic E-state index is 9.91. The molecule has 2 unspecified atom stereocenters. The third-order valence-electron chi connectivity index (χ3n) is 3.02. The lowest BCUT2D eigenvalue weighted by atomic mass is 9.95. The minimum atomic E-state index is -0.181. The van der Waals surface area contributed by atoms with Crippen molar-refractivity contribution in [3.8, 4) is 0 Å². The highest BCUT2D eigenvalue weighted by atomic mass is 16.3. The molecule has 86 valence electrons. The number of hydrogen-bond acceptors (Lipinski definition) is 2. The number of aromatic nitrogens is 2. The molecule has 3 nitrogen and oxygen atoms in total. The SMILES string of the molecule is CCCC(C)C(O)CCc1ccnn1C. The van der Waals surface area contributed by atoms with Crippen LogP contribution in [0.15, 0.2) is 12.3 Å². The fourth-order valence-corrected chi connectivity index (χ4v) is 1.87. The molecule has 2 atom stereocenters. The molecule has 0 radical (unpaired) electrons. The van der Waals surface area contributed by atoms with Gasteiger partial charge in [-0.05, 0) is 31.2 Å². The fraction of sp³-hybridized carbons (Fsp3) is 0.750. The predicted octanol–water partition coefficient (Wildman–Crippen LogP) is 2.15. The van der Waals surface area contributed by atoms with E-state index in [9.17, 15) is 5.11 Å². The Hall–Kier alpha value is -0.830. The van der Waals surface area contributed by atoms with Crippen molar-refractivity contribution < 1.29 is 5.11 Å². The molecule has 1 heterocycles. The standard InChI is InChI=1S/C12H22N2O/c1-4-5-10(2)12(15)7-6-11-8-9-13-14(11)3/h8-10,12,15H,4-7H2,1-3H3. The number of nitrogens with zero attached hydrogens (tertiary/aromatic N) is 2. The molecule has 3 heteroatoms. The lowest BCUT2D eigenvalue weighted by Crippen LogP contribution is -2.18. The fourth-order valence-electron chi connectivity index (χ4n) is 1.87. The molecule has 0 aromatic carbocycles. The summed E-state index contributed by atoms with van der Waals surface area (Å²) in [4.78, 5) is 0. The van der Waals surface area contributed by atoms with E-state index in [-0.39, 0.29) is 6.10 Å². The van der Waals surface area contributed by atoms with E-state index in [2.05, 4.69) is 18.9 Å². The van der Waals surface area contributed by atoms with Crippen LogP contribution in [0, 0.1) is 5.92 Å². The third-order valence-corrected chi connectivity index (χ3v) is 3.02. The zero-order valence-electron chi connectivity index (χ0n) is 9.98. The van der Waals surface area contributed by atoms with Crippen LogP contribution in [0.4, 0.5) is 0 Å². The molecule has 1 aromatic rings. The zero-order valence-corrected chi connectivity index (χ0v) is 9.98. The number of hydrogen-bond donors (Lipinski definition) is 1. The van der Waals surface area contributed by atoms with Gasteiger partial charge in [-0.3, -0.25) is 4.68 Å². The first-order chi connectivity index (χ1) is 7.15. The van der Waals surface area contributed by atoms with Crippen molar-refractivity contribution in [1.82, 2.24) is 9.78 Å². The zero-order chi connectivity index (χ0) is 11.3. The van der Waals surface area contributed by atoms with Crippen molar-refractivity contribution in [3.63, 3.8) is 0 Å². The van der Waals surface area contributed by atoms with E-state index >= 15 is 0 Å². The van der Waals surface area contributed by atoms with Crippen molar-refractivity contribution >= 4 is 0 Å². The summed E-state index contributed by atoms with van der Waals surface area (Å²) >= 11 is 0. The number of aryl methyl sites for hydroxylation is 2. The van der Waals surface area contributed by atoms with Gasteiger partial charge in [0.05, 0.1) is 6.10 Å². The topological polar surface area (TPSA) is 38.1 Å².